The maximum Gasteiger partial charge on any atom is 0.416 e. The van der Waals surface area contributed by atoms with Crippen LogP contribution in [0.15, 0.2) is 53.6 Å². The van der Waals surface area contributed by atoms with Gasteiger partial charge in [-0.2, -0.15) is 18.3 Å². The molecule has 28 heavy (non-hydrogen) atoms. The molecule has 1 amide bonds. The highest BCUT2D eigenvalue weighted by Gasteiger charge is 2.30. The molecule has 0 aliphatic heterocycles. The molecule has 150 valence electrons. The average molecular weight is 434 g/mol. The number of carbonyl (C=O) groups excluding carboxylic acids is 1. The molecule has 0 heterocycles. The second-order valence-electron chi connectivity index (χ2n) is 5.64. The molecule has 11 heteroatoms. The first-order valence-electron chi connectivity index (χ1n) is 7.70. The normalized spacial score (nSPS) is 12.2. The Kier molecular flexibility index (Phi) is 6.68. The van der Waals surface area contributed by atoms with Crippen LogP contribution in [0.4, 0.5) is 18.9 Å². The van der Waals surface area contributed by atoms with E-state index < -0.39 is 34.2 Å². The number of amides is 1. The van der Waals surface area contributed by atoms with Crippen LogP contribution in [0.25, 0.3) is 0 Å². The molecule has 2 rings (SSSR count). The number of halogens is 4. The number of anilines is 1. The van der Waals surface area contributed by atoms with Crippen molar-refractivity contribution in [2.75, 3.05) is 17.1 Å². The maximum absolute atomic E-state index is 12.7. The predicted molar refractivity (Wildman–Crippen MR) is 101 cm³/mol. The van der Waals surface area contributed by atoms with Gasteiger partial charge in [-0.25, -0.2) is 13.8 Å². The second-order valence-corrected chi connectivity index (χ2v) is 7.95. The molecule has 0 aliphatic carbocycles. The Balaban J connectivity index is 2.10. The number of rotatable bonds is 6. The van der Waals surface area contributed by atoms with E-state index in [0.717, 1.165) is 28.9 Å². The Morgan fingerprint density at radius 1 is 1.21 bits per heavy atom. The lowest BCUT2D eigenvalue weighted by molar-refractivity contribution is -0.137. The summed E-state index contributed by atoms with van der Waals surface area (Å²) in [6, 6.07) is 10.4. The summed E-state index contributed by atoms with van der Waals surface area (Å²) in [6.45, 7) is -0.609. The topological polar surface area (TPSA) is 78.8 Å². The van der Waals surface area contributed by atoms with Crippen LogP contribution >= 0.6 is 11.6 Å². The third-order valence-electron chi connectivity index (χ3n) is 3.43. The zero-order valence-corrected chi connectivity index (χ0v) is 16.0. The zero-order chi connectivity index (χ0) is 20.9. The number of benzene rings is 2. The van der Waals surface area contributed by atoms with Crippen molar-refractivity contribution >= 4 is 39.4 Å². The Labute approximate surface area is 164 Å². The molecule has 0 saturated carbocycles. The fourth-order valence-electron chi connectivity index (χ4n) is 2.17. The van der Waals surface area contributed by atoms with E-state index in [1.165, 1.54) is 24.3 Å². The van der Waals surface area contributed by atoms with Crippen LogP contribution in [-0.2, 0) is 21.0 Å². The fraction of sp³-hybridized carbons (Fsp3) is 0.176. The van der Waals surface area contributed by atoms with Crippen LogP contribution in [0.1, 0.15) is 11.1 Å². The van der Waals surface area contributed by atoms with Gasteiger partial charge >= 0.3 is 6.18 Å². The zero-order valence-electron chi connectivity index (χ0n) is 14.4. The Morgan fingerprint density at radius 2 is 1.89 bits per heavy atom. The van der Waals surface area contributed by atoms with E-state index in [0.29, 0.717) is 0 Å². The van der Waals surface area contributed by atoms with Gasteiger partial charge in [0.2, 0.25) is 10.0 Å². The summed E-state index contributed by atoms with van der Waals surface area (Å²) in [5.41, 5.74) is 1.45. The number of alkyl halides is 3. The van der Waals surface area contributed by atoms with E-state index >= 15 is 0 Å². The van der Waals surface area contributed by atoms with Crippen molar-refractivity contribution in [1.82, 2.24) is 5.43 Å². The average Bonchev–Trinajstić information content (AvgIpc) is 2.59. The van der Waals surface area contributed by atoms with Gasteiger partial charge in [0.15, 0.2) is 0 Å². The van der Waals surface area contributed by atoms with Gasteiger partial charge in [0.1, 0.15) is 6.54 Å². The van der Waals surface area contributed by atoms with Crippen LogP contribution in [0.2, 0.25) is 5.02 Å². The summed E-state index contributed by atoms with van der Waals surface area (Å²) in [7, 11) is -3.82. The van der Waals surface area contributed by atoms with Crippen molar-refractivity contribution in [3.63, 3.8) is 0 Å². The van der Waals surface area contributed by atoms with Crippen molar-refractivity contribution in [3.8, 4) is 0 Å². The van der Waals surface area contributed by atoms with Crippen molar-refractivity contribution in [2.45, 2.75) is 6.18 Å². The summed E-state index contributed by atoms with van der Waals surface area (Å²) in [5.74, 6) is -0.798. The third-order valence-corrected chi connectivity index (χ3v) is 4.87. The van der Waals surface area contributed by atoms with Crippen LogP contribution in [0.5, 0.6) is 0 Å². The minimum atomic E-state index is -4.50. The Hall–Kier alpha value is -2.59. The summed E-state index contributed by atoms with van der Waals surface area (Å²) in [5, 5.41) is 3.70. The third kappa shape index (κ3) is 5.96. The molecule has 0 saturated heterocycles. The highest BCUT2D eigenvalue weighted by molar-refractivity contribution is 7.92. The summed E-state index contributed by atoms with van der Waals surface area (Å²) >= 11 is 5.99. The van der Waals surface area contributed by atoms with Gasteiger partial charge in [-0.05, 0) is 29.8 Å². The van der Waals surface area contributed by atoms with Crippen molar-refractivity contribution in [1.29, 1.82) is 0 Å². The van der Waals surface area contributed by atoms with Gasteiger partial charge in [0, 0.05) is 0 Å². The van der Waals surface area contributed by atoms with E-state index in [1.54, 1.807) is 12.1 Å². The molecular formula is C17H15ClF3N3O3S. The van der Waals surface area contributed by atoms with Crippen molar-refractivity contribution < 1.29 is 26.4 Å². The predicted octanol–water partition coefficient (Wildman–Crippen LogP) is 3.28. The Morgan fingerprint density at radius 3 is 2.50 bits per heavy atom. The second kappa shape index (κ2) is 8.61. The lowest BCUT2D eigenvalue weighted by Gasteiger charge is -2.22. The molecule has 2 aromatic rings. The van der Waals surface area contributed by atoms with Gasteiger partial charge in [0.05, 0.1) is 28.7 Å². The first-order valence-corrected chi connectivity index (χ1v) is 9.92. The van der Waals surface area contributed by atoms with Crippen LogP contribution in [0.3, 0.4) is 0 Å². The molecule has 2 aromatic carbocycles. The van der Waals surface area contributed by atoms with E-state index in [9.17, 15) is 26.4 Å². The standard InChI is InChI=1S/C17H15ClF3N3O3S/c1-28(26,27)24(15-8-3-2-7-14(15)18)11-16(25)23-22-10-12-5-4-6-13(9-12)17(19,20)21/h2-10H,11H2,1H3,(H,23,25)/b22-10-. The van der Waals surface area contributed by atoms with Gasteiger partial charge in [0.25, 0.3) is 5.91 Å². The highest BCUT2D eigenvalue weighted by atomic mass is 35.5. The molecule has 6 nitrogen and oxygen atoms in total. The number of para-hydroxylation sites is 1. The van der Waals surface area contributed by atoms with Gasteiger partial charge in [-0.1, -0.05) is 35.9 Å². The number of hydrogen-bond acceptors (Lipinski definition) is 4. The molecule has 0 bridgehead atoms. The summed E-state index contributed by atoms with van der Waals surface area (Å²) in [6.07, 6.45) is -2.57. The van der Waals surface area contributed by atoms with Gasteiger partial charge < -0.3 is 0 Å². The number of carbonyl (C=O) groups is 1. The van der Waals surface area contributed by atoms with Crippen LogP contribution in [0, 0.1) is 0 Å². The molecule has 0 atom stereocenters. The number of nitrogens with zero attached hydrogens (tertiary/aromatic N) is 2. The van der Waals surface area contributed by atoms with Crippen LogP contribution < -0.4 is 9.73 Å². The molecule has 0 radical (unpaired) electrons. The van der Waals surface area contributed by atoms with E-state index in [2.05, 4.69) is 10.5 Å². The quantitative estimate of drug-likeness (QED) is 0.561. The number of sulfonamides is 1. The molecule has 0 fully saturated rings. The Bertz CT molecular complexity index is 994. The molecule has 0 aliphatic rings. The molecule has 0 aromatic heterocycles. The molecule has 0 unspecified atom stereocenters. The first-order chi connectivity index (χ1) is 13.0. The van der Waals surface area contributed by atoms with Crippen molar-refractivity contribution in [2.24, 2.45) is 5.10 Å². The lowest BCUT2D eigenvalue weighted by Crippen LogP contribution is -2.39. The van der Waals surface area contributed by atoms with E-state index in [1.807, 2.05) is 0 Å². The molecule has 0 spiro atoms. The maximum atomic E-state index is 12.7. The largest absolute Gasteiger partial charge is 0.416 e. The van der Waals surface area contributed by atoms with Crippen LogP contribution in [-0.4, -0.2) is 33.3 Å². The molecule has 1 N–H and O–H groups in total. The fourth-order valence-corrected chi connectivity index (χ4v) is 3.33. The lowest BCUT2D eigenvalue weighted by atomic mass is 10.1. The van der Waals surface area contributed by atoms with Crippen molar-refractivity contribution in [3.05, 3.63) is 64.7 Å². The minimum absolute atomic E-state index is 0.112. The molecular weight excluding hydrogens is 419 g/mol. The number of hydrazone groups is 1. The minimum Gasteiger partial charge on any atom is -0.271 e. The first kappa shape index (κ1) is 21.7. The van der Waals surface area contributed by atoms with Gasteiger partial charge in [-0.15, -0.1) is 0 Å². The SMILES string of the molecule is CS(=O)(=O)N(CC(=O)N/N=C\c1cccc(C(F)(F)F)c1)c1ccccc1Cl. The highest BCUT2D eigenvalue weighted by Crippen LogP contribution is 2.29. The summed E-state index contributed by atoms with van der Waals surface area (Å²) < 4.78 is 62.8. The number of nitrogens with one attached hydrogen (secondary N) is 1. The number of hydrogen-bond donors (Lipinski definition) is 1. The van der Waals surface area contributed by atoms with E-state index in [-0.39, 0.29) is 16.3 Å². The monoisotopic (exact) mass is 433 g/mol. The van der Waals surface area contributed by atoms with Gasteiger partial charge in [-0.3, -0.25) is 9.10 Å². The van der Waals surface area contributed by atoms with E-state index in [4.69, 9.17) is 11.6 Å². The smallest absolute Gasteiger partial charge is 0.271 e. The summed E-state index contributed by atoms with van der Waals surface area (Å²) in [4.78, 5) is 12.0.